The van der Waals surface area contributed by atoms with Gasteiger partial charge in [-0.1, -0.05) is 18.2 Å². The standard InChI is InChI=1S/C24H25NO4/c1-3-27-17-19-16-18(10-15-23(19)28-4-2)24(26)25-20-11-13-22(14-12-20)29-21-8-6-5-7-9-21/h5-16H,3-4,17H2,1-2H3,(H,25,26). The average Bonchev–Trinajstić information content (AvgIpc) is 2.75. The maximum Gasteiger partial charge on any atom is 0.255 e. The van der Waals surface area contributed by atoms with Gasteiger partial charge in [0, 0.05) is 23.4 Å². The molecule has 29 heavy (non-hydrogen) atoms. The number of rotatable bonds is 9. The first-order valence-electron chi connectivity index (χ1n) is 9.67. The van der Waals surface area contributed by atoms with Crippen LogP contribution < -0.4 is 14.8 Å². The van der Waals surface area contributed by atoms with Crippen molar-refractivity contribution in [3.63, 3.8) is 0 Å². The smallest absolute Gasteiger partial charge is 0.255 e. The fraction of sp³-hybridized carbons (Fsp3) is 0.208. The van der Waals surface area contributed by atoms with Gasteiger partial charge in [0.25, 0.3) is 5.91 Å². The van der Waals surface area contributed by atoms with E-state index in [0.717, 1.165) is 17.1 Å². The molecule has 0 heterocycles. The molecule has 0 spiro atoms. The van der Waals surface area contributed by atoms with Crippen molar-refractivity contribution in [1.82, 2.24) is 0 Å². The fourth-order valence-corrected chi connectivity index (χ4v) is 2.78. The third kappa shape index (κ3) is 5.83. The lowest BCUT2D eigenvalue weighted by Gasteiger charge is -2.13. The summed E-state index contributed by atoms with van der Waals surface area (Å²) in [5.74, 6) is 2.01. The molecule has 5 heteroatoms. The van der Waals surface area contributed by atoms with Crippen molar-refractivity contribution in [2.45, 2.75) is 20.5 Å². The van der Waals surface area contributed by atoms with Gasteiger partial charge in [-0.25, -0.2) is 0 Å². The number of ether oxygens (including phenoxy) is 3. The van der Waals surface area contributed by atoms with E-state index in [4.69, 9.17) is 14.2 Å². The molecule has 0 atom stereocenters. The van der Waals surface area contributed by atoms with Crippen LogP contribution in [0.1, 0.15) is 29.8 Å². The van der Waals surface area contributed by atoms with Gasteiger partial charge in [0.1, 0.15) is 17.2 Å². The predicted octanol–water partition coefficient (Wildman–Crippen LogP) is 5.67. The summed E-state index contributed by atoms with van der Waals surface area (Å²) >= 11 is 0. The van der Waals surface area contributed by atoms with Crippen molar-refractivity contribution < 1.29 is 19.0 Å². The van der Waals surface area contributed by atoms with Crippen molar-refractivity contribution in [3.05, 3.63) is 83.9 Å². The van der Waals surface area contributed by atoms with E-state index >= 15 is 0 Å². The highest BCUT2D eigenvalue weighted by molar-refractivity contribution is 6.04. The highest BCUT2D eigenvalue weighted by Gasteiger charge is 2.11. The average molecular weight is 391 g/mol. The van der Waals surface area contributed by atoms with E-state index in [2.05, 4.69) is 5.32 Å². The number of anilines is 1. The van der Waals surface area contributed by atoms with Gasteiger partial charge < -0.3 is 19.5 Å². The first kappa shape index (κ1) is 20.4. The van der Waals surface area contributed by atoms with Gasteiger partial charge in [-0.15, -0.1) is 0 Å². The van der Waals surface area contributed by atoms with Crippen molar-refractivity contribution in [2.24, 2.45) is 0 Å². The topological polar surface area (TPSA) is 56.8 Å². The Hall–Kier alpha value is -3.31. The van der Waals surface area contributed by atoms with Gasteiger partial charge in [-0.3, -0.25) is 4.79 Å². The van der Waals surface area contributed by atoms with E-state index in [1.165, 1.54) is 0 Å². The minimum Gasteiger partial charge on any atom is -0.494 e. The molecule has 0 aliphatic rings. The van der Waals surface area contributed by atoms with Crippen LogP contribution in [-0.2, 0) is 11.3 Å². The van der Waals surface area contributed by atoms with E-state index in [1.54, 1.807) is 6.07 Å². The first-order chi connectivity index (χ1) is 14.2. The molecule has 0 radical (unpaired) electrons. The largest absolute Gasteiger partial charge is 0.494 e. The summed E-state index contributed by atoms with van der Waals surface area (Å²) < 4.78 is 16.9. The van der Waals surface area contributed by atoms with Crippen LogP contribution in [0.3, 0.4) is 0 Å². The highest BCUT2D eigenvalue weighted by atomic mass is 16.5. The molecular weight excluding hydrogens is 366 g/mol. The minimum atomic E-state index is -0.192. The van der Waals surface area contributed by atoms with Crippen molar-refractivity contribution >= 4 is 11.6 Å². The molecule has 150 valence electrons. The Bertz CT molecular complexity index is 923. The summed E-state index contributed by atoms with van der Waals surface area (Å²) in [7, 11) is 0. The predicted molar refractivity (Wildman–Crippen MR) is 114 cm³/mol. The molecule has 3 aromatic rings. The summed E-state index contributed by atoms with van der Waals surface area (Å²) in [6, 6.07) is 22.2. The van der Waals surface area contributed by atoms with E-state index in [-0.39, 0.29) is 5.91 Å². The van der Waals surface area contributed by atoms with E-state index < -0.39 is 0 Å². The molecule has 0 aliphatic carbocycles. The zero-order valence-electron chi connectivity index (χ0n) is 16.7. The van der Waals surface area contributed by atoms with Crippen LogP contribution in [0, 0.1) is 0 Å². The molecule has 0 fully saturated rings. The molecule has 0 aromatic heterocycles. The summed E-state index contributed by atoms with van der Waals surface area (Å²) in [6.07, 6.45) is 0. The normalized spacial score (nSPS) is 10.4. The van der Waals surface area contributed by atoms with Crippen LogP contribution in [0.5, 0.6) is 17.2 Å². The number of hydrogen-bond donors (Lipinski definition) is 1. The molecule has 3 rings (SSSR count). The monoisotopic (exact) mass is 391 g/mol. The van der Waals surface area contributed by atoms with Crippen LogP contribution in [0.25, 0.3) is 0 Å². The molecule has 1 amide bonds. The Morgan fingerprint density at radius 3 is 2.28 bits per heavy atom. The van der Waals surface area contributed by atoms with Crippen molar-refractivity contribution in [1.29, 1.82) is 0 Å². The molecule has 0 saturated carbocycles. The molecule has 0 saturated heterocycles. The number of hydrogen-bond acceptors (Lipinski definition) is 4. The molecule has 1 N–H and O–H groups in total. The van der Waals surface area contributed by atoms with E-state index in [0.29, 0.717) is 36.8 Å². The summed E-state index contributed by atoms with van der Waals surface area (Å²) in [5.41, 5.74) is 2.09. The number of para-hydroxylation sites is 1. The van der Waals surface area contributed by atoms with Crippen molar-refractivity contribution in [2.75, 3.05) is 18.5 Å². The van der Waals surface area contributed by atoms with Crippen LogP contribution in [0.4, 0.5) is 5.69 Å². The van der Waals surface area contributed by atoms with Gasteiger partial charge in [0.05, 0.1) is 13.2 Å². The SMILES string of the molecule is CCOCc1cc(C(=O)Nc2ccc(Oc3ccccc3)cc2)ccc1OCC. The lowest BCUT2D eigenvalue weighted by atomic mass is 10.1. The second kappa shape index (κ2) is 10.3. The van der Waals surface area contributed by atoms with Gasteiger partial charge in [0.2, 0.25) is 0 Å². The van der Waals surface area contributed by atoms with Crippen LogP contribution in [0.15, 0.2) is 72.8 Å². The first-order valence-corrected chi connectivity index (χ1v) is 9.67. The van der Waals surface area contributed by atoms with Gasteiger partial charge in [-0.2, -0.15) is 0 Å². The summed E-state index contributed by atoms with van der Waals surface area (Å²) in [4.78, 5) is 12.7. The minimum absolute atomic E-state index is 0.192. The second-order valence-electron chi connectivity index (χ2n) is 6.29. The number of nitrogens with one attached hydrogen (secondary N) is 1. The van der Waals surface area contributed by atoms with Gasteiger partial charge >= 0.3 is 0 Å². The summed E-state index contributed by atoms with van der Waals surface area (Å²) in [5, 5.41) is 2.91. The molecule has 5 nitrogen and oxygen atoms in total. The Morgan fingerprint density at radius 1 is 0.862 bits per heavy atom. The number of benzene rings is 3. The number of carbonyl (C=O) groups is 1. The van der Waals surface area contributed by atoms with Crippen molar-refractivity contribution in [3.8, 4) is 17.2 Å². The highest BCUT2D eigenvalue weighted by Crippen LogP contribution is 2.24. The van der Waals surface area contributed by atoms with Gasteiger partial charge in [-0.05, 0) is 68.4 Å². The Labute approximate surface area is 171 Å². The zero-order valence-corrected chi connectivity index (χ0v) is 16.7. The van der Waals surface area contributed by atoms with E-state index in [9.17, 15) is 4.79 Å². The fourth-order valence-electron chi connectivity index (χ4n) is 2.78. The zero-order chi connectivity index (χ0) is 20.5. The summed E-state index contributed by atoms with van der Waals surface area (Å²) in [6.45, 7) is 5.41. The molecule has 0 aliphatic heterocycles. The van der Waals surface area contributed by atoms with Crippen LogP contribution in [-0.4, -0.2) is 19.1 Å². The van der Waals surface area contributed by atoms with Gasteiger partial charge in [0.15, 0.2) is 0 Å². The van der Waals surface area contributed by atoms with Crippen LogP contribution >= 0.6 is 0 Å². The number of amides is 1. The molecule has 0 bridgehead atoms. The Balaban J connectivity index is 1.67. The Morgan fingerprint density at radius 2 is 1.59 bits per heavy atom. The maximum absolute atomic E-state index is 12.7. The molecule has 3 aromatic carbocycles. The quantitative estimate of drug-likeness (QED) is 0.511. The molecular formula is C24H25NO4. The Kier molecular flexibility index (Phi) is 7.25. The maximum atomic E-state index is 12.7. The lowest BCUT2D eigenvalue weighted by molar-refractivity contribution is 0.102. The lowest BCUT2D eigenvalue weighted by Crippen LogP contribution is -2.12. The third-order valence-electron chi connectivity index (χ3n) is 4.18. The van der Waals surface area contributed by atoms with Crippen LogP contribution in [0.2, 0.25) is 0 Å². The molecule has 0 unspecified atom stereocenters. The number of carbonyl (C=O) groups excluding carboxylic acids is 1. The third-order valence-corrected chi connectivity index (χ3v) is 4.18. The second-order valence-corrected chi connectivity index (χ2v) is 6.29. The van der Waals surface area contributed by atoms with E-state index in [1.807, 2.05) is 80.6 Å².